The summed E-state index contributed by atoms with van der Waals surface area (Å²) in [7, 11) is 0. The number of nitrogens with one attached hydrogen (secondary N) is 1. The molecule has 1 atom stereocenters. The first-order valence-electron chi connectivity index (χ1n) is 20.4. The van der Waals surface area contributed by atoms with Gasteiger partial charge in [-0.3, -0.25) is 0 Å². The maximum absolute atomic E-state index is 6.68. The van der Waals surface area contributed by atoms with E-state index in [1.165, 1.54) is 37.7 Å². The van der Waals surface area contributed by atoms with Crippen molar-refractivity contribution in [1.29, 1.82) is 0 Å². The third-order valence-electron chi connectivity index (χ3n) is 12.4. The lowest BCUT2D eigenvalue weighted by molar-refractivity contribution is 0.668. The number of para-hydroxylation sites is 1. The highest BCUT2D eigenvalue weighted by molar-refractivity contribution is 6.22. The predicted octanol–water partition coefficient (Wildman–Crippen LogP) is 13.8. The molecule has 0 radical (unpaired) electrons. The fourth-order valence-electron chi connectivity index (χ4n) is 9.56. The average molecular weight is 767 g/mol. The third-order valence-corrected chi connectivity index (χ3v) is 12.4. The number of furan rings is 1. The van der Waals surface area contributed by atoms with Gasteiger partial charge in [0.1, 0.15) is 23.2 Å². The quantitative estimate of drug-likeness (QED) is 0.194. The average Bonchev–Trinajstić information content (AvgIpc) is 3.82. The number of nitrogens with zero attached hydrogens (tertiary/aromatic N) is 3. The van der Waals surface area contributed by atoms with Crippen LogP contribution in [-0.4, -0.2) is 16.2 Å². The van der Waals surface area contributed by atoms with Gasteiger partial charge in [-0.2, -0.15) is 0 Å². The fourth-order valence-corrected chi connectivity index (χ4v) is 9.56. The molecule has 13 rings (SSSR count). The summed E-state index contributed by atoms with van der Waals surface area (Å²) in [5, 5.41) is 17.7. The van der Waals surface area contributed by atoms with Crippen LogP contribution in [-0.2, 0) is 0 Å². The summed E-state index contributed by atoms with van der Waals surface area (Å²) in [4.78, 5) is 11.0. The van der Waals surface area contributed by atoms with E-state index < -0.39 is 6.17 Å². The van der Waals surface area contributed by atoms with Crippen molar-refractivity contribution >= 4 is 98.5 Å². The van der Waals surface area contributed by atoms with Gasteiger partial charge in [0.05, 0.1) is 16.7 Å². The van der Waals surface area contributed by atoms with Gasteiger partial charge < -0.3 is 14.3 Å². The van der Waals surface area contributed by atoms with Crippen LogP contribution >= 0.6 is 0 Å². The molecular formula is C55H34N4O. The molecule has 280 valence electrons. The summed E-state index contributed by atoms with van der Waals surface area (Å²) in [5.74, 6) is 1.42. The highest BCUT2D eigenvalue weighted by Crippen LogP contribution is 2.41. The minimum atomic E-state index is -0.423. The van der Waals surface area contributed by atoms with E-state index in [2.05, 4.69) is 192 Å². The SMILES string of the molecule is c1ccc2cc3c(cc2c1)c1cc2ccccc2cc1n3-c1cc2oc3ccccc3c2cc1C1=NC(c2cccc3ccccc23)=NC(c2cccc3ccccc23)N1. The molecule has 0 aliphatic carbocycles. The molecular weight excluding hydrogens is 733 g/mol. The van der Waals surface area contributed by atoms with Gasteiger partial charge in [-0.15, -0.1) is 0 Å². The molecule has 5 nitrogen and oxygen atoms in total. The molecule has 5 heteroatoms. The molecule has 1 unspecified atom stereocenters. The van der Waals surface area contributed by atoms with E-state index >= 15 is 0 Å². The highest BCUT2D eigenvalue weighted by Gasteiger charge is 2.28. The van der Waals surface area contributed by atoms with Crippen molar-refractivity contribution in [2.75, 3.05) is 0 Å². The Labute approximate surface area is 344 Å². The van der Waals surface area contributed by atoms with Crippen LogP contribution in [0.3, 0.4) is 0 Å². The van der Waals surface area contributed by atoms with Crippen LogP contribution in [0.1, 0.15) is 22.9 Å². The zero-order chi connectivity index (χ0) is 39.3. The van der Waals surface area contributed by atoms with Crippen molar-refractivity contribution in [2.24, 2.45) is 9.98 Å². The first kappa shape index (κ1) is 33.0. The Balaban J connectivity index is 1.15. The third kappa shape index (κ3) is 4.99. The van der Waals surface area contributed by atoms with Crippen molar-refractivity contribution in [3.05, 3.63) is 211 Å². The van der Waals surface area contributed by atoms with Crippen molar-refractivity contribution in [1.82, 2.24) is 9.88 Å². The number of benzene rings is 10. The predicted molar refractivity (Wildman–Crippen MR) is 250 cm³/mol. The second kappa shape index (κ2) is 12.7. The number of fused-ring (bicyclic) bond motifs is 10. The lowest BCUT2D eigenvalue weighted by Gasteiger charge is -2.26. The minimum absolute atomic E-state index is 0.423. The number of aromatic nitrogens is 1. The van der Waals surface area contributed by atoms with E-state index in [1.54, 1.807) is 0 Å². The topological polar surface area (TPSA) is 54.8 Å². The van der Waals surface area contributed by atoms with Crippen LogP contribution in [0.4, 0.5) is 0 Å². The van der Waals surface area contributed by atoms with Gasteiger partial charge in [0.2, 0.25) is 0 Å². The van der Waals surface area contributed by atoms with Crippen LogP contribution < -0.4 is 5.32 Å². The molecule has 3 heterocycles. The van der Waals surface area contributed by atoms with Gasteiger partial charge in [-0.05, 0) is 79.5 Å². The molecule has 10 aromatic carbocycles. The van der Waals surface area contributed by atoms with E-state index in [4.69, 9.17) is 14.4 Å². The Hall–Kier alpha value is -8.02. The van der Waals surface area contributed by atoms with Crippen LogP contribution in [0.2, 0.25) is 0 Å². The molecule has 0 saturated carbocycles. The second-order valence-corrected chi connectivity index (χ2v) is 15.8. The Bertz CT molecular complexity index is 3730. The lowest BCUT2D eigenvalue weighted by Crippen LogP contribution is -2.34. The fraction of sp³-hybridized carbons (Fsp3) is 0.0182. The molecule has 2 aromatic heterocycles. The first-order valence-corrected chi connectivity index (χ1v) is 20.4. The van der Waals surface area contributed by atoms with Crippen molar-refractivity contribution in [3.8, 4) is 5.69 Å². The summed E-state index contributed by atoms with van der Waals surface area (Å²) in [6.07, 6.45) is -0.423. The molecule has 12 aromatic rings. The summed E-state index contributed by atoms with van der Waals surface area (Å²) in [6, 6.07) is 69.3. The second-order valence-electron chi connectivity index (χ2n) is 15.8. The Morgan fingerprint density at radius 3 is 1.67 bits per heavy atom. The van der Waals surface area contributed by atoms with Gasteiger partial charge in [-0.25, -0.2) is 9.98 Å². The summed E-state index contributed by atoms with van der Waals surface area (Å²) in [5.41, 5.74) is 7.88. The molecule has 0 saturated heterocycles. The maximum Gasteiger partial charge on any atom is 0.160 e. The van der Waals surface area contributed by atoms with Crippen molar-refractivity contribution < 1.29 is 4.42 Å². The zero-order valence-electron chi connectivity index (χ0n) is 32.3. The maximum atomic E-state index is 6.68. The standard InChI is InChI=1S/C55H34N4O/c1-3-17-37-29-48-44(27-35(37)15-1)45-28-36-16-2-4-18-38(36)30-49(45)59(48)50-32-52-46(41-23-9-10-26-51(41)60-52)31-47(50)55-57-53(42-24-11-19-33-13-5-7-21-39(33)42)56-54(58-55)43-25-12-20-34-14-6-8-22-40(34)43/h1-32,53H,(H,56,57,58). The van der Waals surface area contributed by atoms with E-state index in [0.717, 1.165) is 77.3 Å². The van der Waals surface area contributed by atoms with Gasteiger partial charge in [0.25, 0.3) is 0 Å². The molecule has 0 fully saturated rings. The van der Waals surface area contributed by atoms with Gasteiger partial charge in [-0.1, -0.05) is 152 Å². The molecule has 0 spiro atoms. The van der Waals surface area contributed by atoms with Gasteiger partial charge in [0, 0.05) is 44.3 Å². The Morgan fingerprint density at radius 2 is 0.967 bits per heavy atom. The largest absolute Gasteiger partial charge is 0.456 e. The molecule has 1 aliphatic rings. The number of amidine groups is 2. The Morgan fingerprint density at radius 1 is 0.417 bits per heavy atom. The van der Waals surface area contributed by atoms with E-state index in [9.17, 15) is 0 Å². The van der Waals surface area contributed by atoms with Crippen LogP contribution in [0, 0.1) is 0 Å². The molecule has 0 bridgehead atoms. The molecule has 1 aliphatic heterocycles. The summed E-state index contributed by atoms with van der Waals surface area (Å²) >= 11 is 0. The van der Waals surface area contributed by atoms with Gasteiger partial charge >= 0.3 is 0 Å². The first-order chi connectivity index (χ1) is 29.7. The molecule has 1 N–H and O–H groups in total. The number of hydrogen-bond donors (Lipinski definition) is 1. The van der Waals surface area contributed by atoms with Crippen LogP contribution in [0.25, 0.3) is 92.5 Å². The monoisotopic (exact) mass is 766 g/mol. The van der Waals surface area contributed by atoms with E-state index in [0.29, 0.717) is 5.84 Å². The number of rotatable bonds is 4. The lowest BCUT2D eigenvalue weighted by atomic mass is 10.00. The summed E-state index contributed by atoms with van der Waals surface area (Å²) < 4.78 is 9.10. The number of aliphatic imine (C=N–C) groups is 2. The van der Waals surface area contributed by atoms with Crippen LogP contribution in [0.15, 0.2) is 209 Å². The van der Waals surface area contributed by atoms with Gasteiger partial charge in [0.15, 0.2) is 5.84 Å². The number of hydrogen-bond acceptors (Lipinski definition) is 4. The normalized spacial score (nSPS) is 14.5. The molecule has 0 amide bonds. The van der Waals surface area contributed by atoms with Crippen molar-refractivity contribution in [2.45, 2.75) is 6.17 Å². The van der Waals surface area contributed by atoms with Crippen molar-refractivity contribution in [3.63, 3.8) is 0 Å². The van der Waals surface area contributed by atoms with E-state index in [1.807, 2.05) is 12.1 Å². The molecule has 60 heavy (non-hydrogen) atoms. The highest BCUT2D eigenvalue weighted by atomic mass is 16.3. The van der Waals surface area contributed by atoms with Crippen LogP contribution in [0.5, 0.6) is 0 Å². The Kier molecular flexibility index (Phi) is 7.01. The van der Waals surface area contributed by atoms with E-state index in [-0.39, 0.29) is 0 Å². The summed E-state index contributed by atoms with van der Waals surface area (Å²) in [6.45, 7) is 0. The minimum Gasteiger partial charge on any atom is -0.456 e. The zero-order valence-corrected chi connectivity index (χ0v) is 32.3. The smallest absolute Gasteiger partial charge is 0.160 e.